The molecule has 0 radical (unpaired) electrons. The molecule has 0 aromatic carbocycles. The van der Waals surface area contributed by atoms with Gasteiger partial charge >= 0.3 is 0 Å². The molecule has 12 heavy (non-hydrogen) atoms. The molecule has 3 fully saturated rings. The Morgan fingerprint density at radius 3 is 2.17 bits per heavy atom. The molecule has 0 saturated carbocycles. The minimum Gasteiger partial charge on any atom is -0.308 e. The first kappa shape index (κ1) is 7.34. The van der Waals surface area contributed by atoms with E-state index in [-0.39, 0.29) is 0 Å². The van der Waals surface area contributed by atoms with Crippen molar-refractivity contribution >= 4 is 0 Å². The van der Waals surface area contributed by atoms with Crippen LogP contribution in [0.1, 0.15) is 32.6 Å². The first-order chi connectivity index (χ1) is 5.90. The van der Waals surface area contributed by atoms with Crippen molar-refractivity contribution in [3.63, 3.8) is 0 Å². The van der Waals surface area contributed by atoms with E-state index >= 15 is 0 Å². The predicted octanol–water partition coefficient (Wildman–Crippen LogP) is 0.973. The number of piperazine rings is 1. The highest BCUT2D eigenvalue weighted by atomic mass is 15.3. The summed E-state index contributed by atoms with van der Waals surface area (Å²) in [6.45, 7) is 3.58. The average Bonchev–Trinajstić information content (AvgIpc) is 2.57. The van der Waals surface area contributed by atoms with Crippen molar-refractivity contribution in [3.8, 4) is 0 Å². The van der Waals surface area contributed by atoms with Crippen LogP contribution in [0.15, 0.2) is 0 Å². The molecule has 3 aliphatic rings. The van der Waals surface area contributed by atoms with E-state index in [0.717, 1.165) is 24.2 Å². The van der Waals surface area contributed by atoms with Crippen LogP contribution in [0.25, 0.3) is 0 Å². The van der Waals surface area contributed by atoms with Crippen LogP contribution in [0.2, 0.25) is 0 Å². The monoisotopic (exact) mass is 166 g/mol. The van der Waals surface area contributed by atoms with Gasteiger partial charge in [0.15, 0.2) is 0 Å². The summed E-state index contributed by atoms with van der Waals surface area (Å²) in [5, 5.41) is 3.77. The summed E-state index contributed by atoms with van der Waals surface area (Å²) in [6.07, 6.45) is 5.77. The lowest BCUT2D eigenvalue weighted by Crippen LogP contribution is -2.58. The van der Waals surface area contributed by atoms with Gasteiger partial charge in [-0.2, -0.15) is 0 Å². The summed E-state index contributed by atoms with van der Waals surface area (Å²) in [5.41, 5.74) is 0. The molecule has 1 N–H and O–H groups in total. The second-order valence-corrected chi connectivity index (χ2v) is 4.50. The molecule has 0 aliphatic carbocycles. The van der Waals surface area contributed by atoms with Crippen molar-refractivity contribution in [2.75, 3.05) is 6.54 Å². The molecule has 2 heteroatoms. The normalized spacial score (nSPS) is 51.8. The molecular weight excluding hydrogens is 148 g/mol. The maximum absolute atomic E-state index is 3.77. The predicted molar refractivity (Wildman–Crippen MR) is 49.1 cm³/mol. The lowest BCUT2D eigenvalue weighted by atomic mass is 10.0. The van der Waals surface area contributed by atoms with Crippen molar-refractivity contribution in [2.45, 2.75) is 56.8 Å². The van der Waals surface area contributed by atoms with Crippen molar-refractivity contribution in [1.82, 2.24) is 10.2 Å². The third-order valence-electron chi connectivity index (χ3n) is 4.12. The number of likely N-dealkylation sites (N-methyl/N-ethyl adjacent to an activating group) is 1. The van der Waals surface area contributed by atoms with E-state index in [1.165, 1.54) is 32.2 Å². The Bertz CT molecular complexity index is 174. The van der Waals surface area contributed by atoms with Crippen LogP contribution in [-0.2, 0) is 0 Å². The van der Waals surface area contributed by atoms with Crippen molar-refractivity contribution in [1.29, 1.82) is 0 Å². The highest BCUT2D eigenvalue weighted by molar-refractivity contribution is 5.08. The Morgan fingerprint density at radius 1 is 1.08 bits per heavy atom. The zero-order chi connectivity index (χ0) is 8.13. The van der Waals surface area contributed by atoms with Gasteiger partial charge in [0.2, 0.25) is 0 Å². The van der Waals surface area contributed by atoms with Crippen LogP contribution in [0.4, 0.5) is 0 Å². The number of nitrogens with zero attached hydrogens (tertiary/aromatic N) is 1. The highest BCUT2D eigenvalue weighted by Crippen LogP contribution is 2.39. The lowest BCUT2D eigenvalue weighted by molar-refractivity contribution is 0.119. The summed E-state index contributed by atoms with van der Waals surface area (Å²) in [4.78, 5) is 2.75. The number of hydrogen-bond acceptors (Lipinski definition) is 2. The van der Waals surface area contributed by atoms with Gasteiger partial charge in [0.25, 0.3) is 0 Å². The van der Waals surface area contributed by atoms with Crippen LogP contribution >= 0.6 is 0 Å². The van der Waals surface area contributed by atoms with E-state index in [2.05, 4.69) is 17.1 Å². The topological polar surface area (TPSA) is 15.3 Å². The Hall–Kier alpha value is -0.0800. The van der Waals surface area contributed by atoms with Crippen molar-refractivity contribution in [2.24, 2.45) is 0 Å². The SMILES string of the molecule is CCN1C2CCC1C1CCC2N1. The zero-order valence-corrected chi connectivity index (χ0v) is 7.79. The second kappa shape index (κ2) is 2.46. The largest absolute Gasteiger partial charge is 0.308 e. The first-order valence-corrected chi connectivity index (χ1v) is 5.42. The summed E-state index contributed by atoms with van der Waals surface area (Å²) in [5.74, 6) is 0. The molecule has 68 valence electrons. The Kier molecular flexibility index (Phi) is 1.50. The lowest BCUT2D eigenvalue weighted by Gasteiger charge is -2.39. The van der Waals surface area contributed by atoms with E-state index in [1.54, 1.807) is 0 Å². The second-order valence-electron chi connectivity index (χ2n) is 4.50. The smallest absolute Gasteiger partial charge is 0.0253 e. The molecule has 0 aromatic heterocycles. The highest BCUT2D eigenvalue weighted by Gasteiger charge is 2.49. The van der Waals surface area contributed by atoms with Gasteiger partial charge in [0.05, 0.1) is 0 Å². The van der Waals surface area contributed by atoms with Gasteiger partial charge in [-0.05, 0) is 32.2 Å². The van der Waals surface area contributed by atoms with Gasteiger partial charge in [-0.25, -0.2) is 0 Å². The Labute approximate surface area is 74.3 Å². The summed E-state index contributed by atoms with van der Waals surface area (Å²) < 4.78 is 0. The molecule has 3 aliphatic heterocycles. The Balaban J connectivity index is 1.91. The van der Waals surface area contributed by atoms with Crippen LogP contribution in [0.3, 0.4) is 0 Å². The molecule has 4 bridgehead atoms. The fourth-order valence-corrected chi connectivity index (χ4v) is 3.66. The molecule has 3 rings (SSSR count). The quantitative estimate of drug-likeness (QED) is 0.624. The minimum absolute atomic E-state index is 0.841. The molecule has 4 atom stereocenters. The van der Waals surface area contributed by atoms with E-state index < -0.39 is 0 Å². The standard InChI is InChI=1S/C10H18N2/c1-2-12-9-5-6-10(12)8-4-3-7(9)11-8/h7-11H,2-6H2,1H3. The van der Waals surface area contributed by atoms with Gasteiger partial charge in [0, 0.05) is 24.2 Å². The number of rotatable bonds is 1. The first-order valence-electron chi connectivity index (χ1n) is 5.42. The zero-order valence-electron chi connectivity index (χ0n) is 7.79. The summed E-state index contributed by atoms with van der Waals surface area (Å²) in [6, 6.07) is 3.46. The molecule has 0 aromatic rings. The maximum Gasteiger partial charge on any atom is 0.0253 e. The molecule has 2 nitrogen and oxygen atoms in total. The number of hydrogen-bond donors (Lipinski definition) is 1. The van der Waals surface area contributed by atoms with Gasteiger partial charge in [0.1, 0.15) is 0 Å². The third kappa shape index (κ3) is 0.775. The van der Waals surface area contributed by atoms with Crippen LogP contribution in [0.5, 0.6) is 0 Å². The fourth-order valence-electron chi connectivity index (χ4n) is 3.66. The molecule has 0 amide bonds. The maximum atomic E-state index is 3.77. The van der Waals surface area contributed by atoms with Crippen LogP contribution < -0.4 is 5.32 Å². The van der Waals surface area contributed by atoms with E-state index in [0.29, 0.717) is 0 Å². The molecule has 0 spiro atoms. The van der Waals surface area contributed by atoms with Gasteiger partial charge in [-0.1, -0.05) is 6.92 Å². The molecule has 4 unspecified atom stereocenters. The van der Waals surface area contributed by atoms with E-state index in [4.69, 9.17) is 0 Å². The summed E-state index contributed by atoms with van der Waals surface area (Å²) >= 11 is 0. The van der Waals surface area contributed by atoms with Gasteiger partial charge in [-0.15, -0.1) is 0 Å². The van der Waals surface area contributed by atoms with E-state index in [1.807, 2.05) is 0 Å². The minimum atomic E-state index is 0.841. The number of fused-ring (bicyclic) bond motifs is 6. The van der Waals surface area contributed by atoms with Crippen LogP contribution in [-0.4, -0.2) is 35.6 Å². The summed E-state index contributed by atoms with van der Waals surface area (Å²) in [7, 11) is 0. The third-order valence-corrected chi connectivity index (χ3v) is 4.12. The van der Waals surface area contributed by atoms with E-state index in [9.17, 15) is 0 Å². The average molecular weight is 166 g/mol. The molecule has 3 heterocycles. The number of nitrogens with one attached hydrogen (secondary N) is 1. The van der Waals surface area contributed by atoms with Crippen LogP contribution in [0, 0.1) is 0 Å². The molecule has 3 saturated heterocycles. The van der Waals surface area contributed by atoms with Gasteiger partial charge < -0.3 is 5.32 Å². The van der Waals surface area contributed by atoms with Gasteiger partial charge in [-0.3, -0.25) is 4.90 Å². The fraction of sp³-hybridized carbons (Fsp3) is 1.00. The van der Waals surface area contributed by atoms with Crippen molar-refractivity contribution in [3.05, 3.63) is 0 Å². The Morgan fingerprint density at radius 2 is 1.67 bits per heavy atom. The van der Waals surface area contributed by atoms with Crippen molar-refractivity contribution < 1.29 is 0 Å². The molecular formula is C10H18N2.